The van der Waals surface area contributed by atoms with Crippen LogP contribution >= 0.6 is 11.3 Å². The van der Waals surface area contributed by atoms with Crippen molar-refractivity contribution in [1.82, 2.24) is 15.2 Å². The van der Waals surface area contributed by atoms with Crippen LogP contribution < -0.4 is 16.4 Å². The number of aldehydes is 1. The third-order valence-corrected chi connectivity index (χ3v) is 4.48. The first-order valence-electron chi connectivity index (χ1n) is 7.87. The van der Waals surface area contributed by atoms with Crippen LogP contribution in [0.15, 0.2) is 18.2 Å². The highest BCUT2D eigenvalue weighted by atomic mass is 32.1. The molecule has 0 saturated heterocycles. The fourth-order valence-corrected chi connectivity index (χ4v) is 2.97. The number of nitrogens with two attached hydrogens (primary N) is 1. The Kier molecular flexibility index (Phi) is 6.93. The van der Waals surface area contributed by atoms with Crippen molar-refractivity contribution < 1.29 is 24.3 Å². The number of nitrogens with zero attached hydrogens (tertiary/aromatic N) is 2. The van der Waals surface area contributed by atoms with Gasteiger partial charge in [0.2, 0.25) is 17.7 Å². The van der Waals surface area contributed by atoms with Crippen molar-refractivity contribution >= 4 is 50.7 Å². The predicted molar refractivity (Wildman–Crippen MR) is 99.3 cm³/mol. The van der Waals surface area contributed by atoms with Crippen molar-refractivity contribution in [3.63, 3.8) is 0 Å². The van der Waals surface area contributed by atoms with Crippen LogP contribution in [0.3, 0.4) is 0 Å². The molecule has 3 amide bonds. The molecule has 0 bridgehead atoms. The summed E-state index contributed by atoms with van der Waals surface area (Å²) in [7, 11) is 1.41. The Morgan fingerprint density at radius 1 is 1.41 bits per heavy atom. The maximum Gasteiger partial charge on any atom is 0.245 e. The van der Waals surface area contributed by atoms with Gasteiger partial charge in [0, 0.05) is 12.6 Å². The third kappa shape index (κ3) is 5.54. The Morgan fingerprint density at radius 3 is 2.81 bits per heavy atom. The number of amides is 3. The molecule has 144 valence electrons. The Bertz CT molecular complexity index is 868. The maximum absolute atomic E-state index is 12.1. The molecule has 1 heterocycles. The molecule has 0 aliphatic rings. The largest absolute Gasteiger partial charge is 0.394 e. The van der Waals surface area contributed by atoms with E-state index in [0.29, 0.717) is 16.2 Å². The summed E-state index contributed by atoms with van der Waals surface area (Å²) in [5.74, 6) is -1.62. The van der Waals surface area contributed by atoms with Gasteiger partial charge in [0.25, 0.3) is 0 Å². The highest BCUT2D eigenvalue weighted by molar-refractivity contribution is 7.22. The van der Waals surface area contributed by atoms with Crippen molar-refractivity contribution in [2.24, 2.45) is 5.73 Å². The van der Waals surface area contributed by atoms with E-state index in [9.17, 15) is 19.2 Å². The molecule has 1 unspecified atom stereocenters. The monoisotopic (exact) mass is 393 g/mol. The lowest BCUT2D eigenvalue weighted by Gasteiger charge is -2.17. The van der Waals surface area contributed by atoms with E-state index in [1.165, 1.54) is 18.4 Å². The Labute approximate surface area is 158 Å². The van der Waals surface area contributed by atoms with Crippen LogP contribution in [-0.2, 0) is 14.4 Å². The molecule has 1 aromatic carbocycles. The van der Waals surface area contributed by atoms with Gasteiger partial charge in [-0.2, -0.15) is 0 Å². The second-order valence-corrected chi connectivity index (χ2v) is 6.70. The summed E-state index contributed by atoms with van der Waals surface area (Å²) >= 11 is 1.21. The minimum absolute atomic E-state index is 0.240. The lowest BCUT2D eigenvalue weighted by atomic mass is 10.2. The molecular weight excluding hydrogens is 374 g/mol. The van der Waals surface area contributed by atoms with Crippen LogP contribution in [0.1, 0.15) is 10.4 Å². The average molecular weight is 393 g/mol. The highest BCUT2D eigenvalue weighted by Gasteiger charge is 2.17. The third-order valence-electron chi connectivity index (χ3n) is 3.55. The molecule has 11 heteroatoms. The first kappa shape index (κ1) is 20.4. The summed E-state index contributed by atoms with van der Waals surface area (Å²) in [4.78, 5) is 51.6. The van der Waals surface area contributed by atoms with Gasteiger partial charge in [-0.15, -0.1) is 0 Å². The van der Waals surface area contributed by atoms with Gasteiger partial charge < -0.3 is 26.4 Å². The summed E-state index contributed by atoms with van der Waals surface area (Å²) in [6, 6.07) is 3.88. The molecule has 0 fully saturated rings. The number of aliphatic hydroxyl groups is 1. The number of anilines is 1. The second kappa shape index (κ2) is 9.16. The fourth-order valence-electron chi connectivity index (χ4n) is 2.04. The number of carbonyl (C=O) groups excluding carboxylic acids is 4. The fraction of sp³-hybridized carbons (Fsp3) is 0.312. The molecule has 2 rings (SSSR count). The Balaban J connectivity index is 1.88. The summed E-state index contributed by atoms with van der Waals surface area (Å²) in [6.07, 6.45) is 0.726. The number of aliphatic hydroxyl groups excluding tert-OH is 1. The second-order valence-electron chi connectivity index (χ2n) is 5.67. The predicted octanol–water partition coefficient (Wildman–Crippen LogP) is -1.06. The molecule has 1 aromatic heterocycles. The van der Waals surface area contributed by atoms with Crippen molar-refractivity contribution in [2.45, 2.75) is 6.04 Å². The summed E-state index contributed by atoms with van der Waals surface area (Å²) in [5.41, 5.74) is 6.48. The number of thiazole rings is 1. The van der Waals surface area contributed by atoms with Gasteiger partial charge in [0.1, 0.15) is 12.3 Å². The van der Waals surface area contributed by atoms with Gasteiger partial charge in [-0.1, -0.05) is 11.3 Å². The summed E-state index contributed by atoms with van der Waals surface area (Å²) < 4.78 is 0.752. The van der Waals surface area contributed by atoms with Crippen LogP contribution in [0.5, 0.6) is 0 Å². The van der Waals surface area contributed by atoms with Gasteiger partial charge in [0.15, 0.2) is 5.13 Å². The molecule has 0 spiro atoms. The molecule has 10 nitrogen and oxygen atoms in total. The van der Waals surface area contributed by atoms with E-state index >= 15 is 0 Å². The molecule has 0 radical (unpaired) electrons. The van der Waals surface area contributed by atoms with Gasteiger partial charge in [0.05, 0.1) is 29.9 Å². The van der Waals surface area contributed by atoms with E-state index in [0.717, 1.165) is 15.9 Å². The Hall–Kier alpha value is -2.89. The van der Waals surface area contributed by atoms with Crippen LogP contribution in [0, 0.1) is 0 Å². The molecule has 27 heavy (non-hydrogen) atoms. The van der Waals surface area contributed by atoms with Crippen molar-refractivity contribution in [1.29, 1.82) is 0 Å². The first-order valence-corrected chi connectivity index (χ1v) is 8.69. The topological polar surface area (TPSA) is 155 Å². The number of hydrogen-bond acceptors (Lipinski definition) is 8. The zero-order valence-corrected chi connectivity index (χ0v) is 15.3. The molecule has 5 N–H and O–H groups in total. The minimum Gasteiger partial charge on any atom is -0.394 e. The Morgan fingerprint density at radius 2 is 2.15 bits per heavy atom. The number of rotatable bonds is 8. The van der Waals surface area contributed by atoms with E-state index in [4.69, 9.17) is 10.8 Å². The molecular formula is C16H19N5O5S. The van der Waals surface area contributed by atoms with E-state index in [1.54, 1.807) is 18.2 Å². The molecule has 2 aromatic rings. The van der Waals surface area contributed by atoms with Crippen molar-refractivity contribution in [3.8, 4) is 0 Å². The number of carbonyl (C=O) groups is 4. The number of nitrogens with one attached hydrogen (secondary N) is 2. The summed E-state index contributed by atoms with van der Waals surface area (Å²) in [5, 5.41) is 14.0. The van der Waals surface area contributed by atoms with E-state index in [1.807, 2.05) is 0 Å². The van der Waals surface area contributed by atoms with Crippen molar-refractivity contribution in [2.75, 3.05) is 32.1 Å². The maximum atomic E-state index is 12.1. The zero-order chi connectivity index (χ0) is 20.0. The van der Waals surface area contributed by atoms with E-state index in [2.05, 4.69) is 15.6 Å². The SMILES string of the molecule is CN(CC(=O)Nc1nc2ccc(C=O)cc2s1)C(=O)CNC(=O)C(N)CO. The normalized spacial score (nSPS) is 11.7. The number of fused-ring (bicyclic) bond motifs is 1. The minimum atomic E-state index is -1.11. The van der Waals surface area contributed by atoms with Crippen LogP contribution in [0.25, 0.3) is 10.2 Å². The van der Waals surface area contributed by atoms with Crippen molar-refractivity contribution in [3.05, 3.63) is 23.8 Å². The van der Waals surface area contributed by atoms with Gasteiger partial charge in [-0.05, 0) is 18.2 Å². The number of likely N-dealkylation sites (N-methyl/N-ethyl adjacent to an activating group) is 1. The standard InChI is InChI=1S/C16H19N5O5S/c1-21(14(25)5-18-15(26)10(17)8-23)6-13(24)20-16-19-11-3-2-9(7-22)4-12(11)27-16/h2-4,7,10,23H,5-6,8,17H2,1H3,(H,18,26)(H,19,20,24). The average Bonchev–Trinajstić information content (AvgIpc) is 3.05. The smallest absolute Gasteiger partial charge is 0.245 e. The highest BCUT2D eigenvalue weighted by Crippen LogP contribution is 2.26. The van der Waals surface area contributed by atoms with Crippen LogP contribution in [0.4, 0.5) is 5.13 Å². The molecule has 0 aliphatic heterocycles. The summed E-state index contributed by atoms with van der Waals surface area (Å²) in [6.45, 7) is -1.11. The van der Waals surface area contributed by atoms with E-state index in [-0.39, 0.29) is 13.1 Å². The zero-order valence-electron chi connectivity index (χ0n) is 14.5. The van der Waals surface area contributed by atoms with Crippen LogP contribution in [0.2, 0.25) is 0 Å². The van der Waals surface area contributed by atoms with Crippen LogP contribution in [-0.4, -0.2) is 71.8 Å². The molecule has 0 saturated carbocycles. The quantitative estimate of drug-likeness (QED) is 0.417. The van der Waals surface area contributed by atoms with Gasteiger partial charge in [-0.3, -0.25) is 19.2 Å². The number of aromatic nitrogens is 1. The lowest BCUT2D eigenvalue weighted by Crippen LogP contribution is -2.47. The molecule has 0 aliphatic carbocycles. The van der Waals surface area contributed by atoms with Gasteiger partial charge in [-0.25, -0.2) is 4.98 Å². The first-order chi connectivity index (χ1) is 12.8. The molecule has 1 atom stereocenters. The van der Waals surface area contributed by atoms with Gasteiger partial charge >= 0.3 is 0 Å². The van der Waals surface area contributed by atoms with E-state index < -0.39 is 30.4 Å². The lowest BCUT2D eigenvalue weighted by molar-refractivity contribution is -0.134. The number of hydrogen-bond donors (Lipinski definition) is 4. The number of benzene rings is 1.